The van der Waals surface area contributed by atoms with Crippen molar-refractivity contribution in [3.8, 4) is 6.07 Å². The summed E-state index contributed by atoms with van der Waals surface area (Å²) >= 11 is 0. The van der Waals surface area contributed by atoms with Gasteiger partial charge >= 0.3 is 0 Å². The number of sulfonamides is 1. The number of hydrogen-bond acceptors (Lipinski definition) is 3. The van der Waals surface area contributed by atoms with Crippen molar-refractivity contribution in [2.24, 2.45) is 0 Å². The predicted molar refractivity (Wildman–Crippen MR) is 74.6 cm³/mol. The molecule has 0 aliphatic carbocycles. The third kappa shape index (κ3) is 7.67. The van der Waals surface area contributed by atoms with Crippen LogP contribution in [0.2, 0.25) is 0 Å². The van der Waals surface area contributed by atoms with Crippen LogP contribution >= 0.6 is 0 Å². The molecule has 0 aliphatic rings. The van der Waals surface area contributed by atoms with Crippen LogP contribution in [-0.4, -0.2) is 20.2 Å². The molecular formula is C13H26N2O2S. The second-order valence-electron chi connectivity index (χ2n) is 4.59. The third-order valence-corrected chi connectivity index (χ3v) is 4.77. The van der Waals surface area contributed by atoms with Crippen LogP contribution in [0.15, 0.2) is 0 Å². The van der Waals surface area contributed by atoms with Gasteiger partial charge in [0.25, 0.3) is 0 Å². The van der Waals surface area contributed by atoms with Gasteiger partial charge in [0, 0.05) is 6.54 Å². The molecule has 0 saturated carbocycles. The minimum absolute atomic E-state index is 0.336. The summed E-state index contributed by atoms with van der Waals surface area (Å²) in [6, 6.07) is 1.82. The molecule has 0 saturated heterocycles. The van der Waals surface area contributed by atoms with E-state index in [0.29, 0.717) is 13.0 Å². The van der Waals surface area contributed by atoms with Crippen molar-refractivity contribution in [3.63, 3.8) is 0 Å². The fourth-order valence-corrected chi connectivity index (χ4v) is 2.98. The normalized spacial score (nSPS) is 13.2. The lowest BCUT2D eigenvalue weighted by Crippen LogP contribution is -2.33. The van der Waals surface area contributed by atoms with E-state index in [1.54, 1.807) is 6.92 Å². The lowest BCUT2D eigenvalue weighted by molar-refractivity contribution is 0.557. The summed E-state index contributed by atoms with van der Waals surface area (Å²) in [6.45, 7) is 4.35. The average molecular weight is 274 g/mol. The second-order valence-corrected chi connectivity index (χ2v) is 6.53. The molecule has 1 unspecified atom stereocenters. The third-order valence-electron chi connectivity index (χ3n) is 2.97. The minimum atomic E-state index is -3.43. The van der Waals surface area contributed by atoms with Crippen molar-refractivity contribution in [3.05, 3.63) is 0 Å². The second kappa shape index (κ2) is 10.3. The van der Waals surface area contributed by atoms with Crippen molar-refractivity contribution in [1.82, 2.24) is 4.72 Å². The molecule has 0 heterocycles. The summed E-state index contributed by atoms with van der Waals surface area (Å²) in [5.41, 5.74) is 0. The van der Waals surface area contributed by atoms with Crippen LogP contribution in [-0.2, 0) is 10.0 Å². The van der Waals surface area contributed by atoms with Crippen LogP contribution in [0.1, 0.15) is 65.2 Å². The van der Waals surface area contributed by atoms with Gasteiger partial charge in [-0.25, -0.2) is 13.1 Å². The Morgan fingerprint density at radius 3 is 2.11 bits per heavy atom. The van der Waals surface area contributed by atoms with Crippen molar-refractivity contribution in [2.45, 2.75) is 70.5 Å². The zero-order chi connectivity index (χ0) is 13.9. The highest BCUT2D eigenvalue weighted by Gasteiger charge is 2.22. The van der Waals surface area contributed by atoms with Crippen LogP contribution in [0.4, 0.5) is 0 Å². The smallest absolute Gasteiger partial charge is 0.214 e. The molecule has 106 valence electrons. The molecule has 0 aromatic carbocycles. The summed E-state index contributed by atoms with van der Waals surface area (Å²) in [6.07, 6.45) is 8.44. The van der Waals surface area contributed by atoms with Gasteiger partial charge in [-0.15, -0.1) is 0 Å². The number of nitrogens with zero attached hydrogens (tertiary/aromatic N) is 1. The van der Waals surface area contributed by atoms with Crippen LogP contribution < -0.4 is 4.72 Å². The fourth-order valence-electron chi connectivity index (χ4n) is 1.78. The van der Waals surface area contributed by atoms with Crippen LogP contribution in [0.25, 0.3) is 0 Å². The Labute approximate surface area is 112 Å². The molecule has 0 spiro atoms. The molecule has 18 heavy (non-hydrogen) atoms. The van der Waals surface area contributed by atoms with Gasteiger partial charge in [0.2, 0.25) is 10.0 Å². The first-order valence-corrected chi connectivity index (χ1v) is 8.51. The molecule has 0 amide bonds. The molecular weight excluding hydrogens is 248 g/mol. The molecule has 1 atom stereocenters. The van der Waals surface area contributed by atoms with Crippen molar-refractivity contribution in [2.75, 3.05) is 6.54 Å². The number of nitriles is 1. The Morgan fingerprint density at radius 1 is 1.06 bits per heavy atom. The minimum Gasteiger partial charge on any atom is -0.214 e. The van der Waals surface area contributed by atoms with Crippen LogP contribution in [0.5, 0.6) is 0 Å². The summed E-state index contributed by atoms with van der Waals surface area (Å²) in [5, 5.41) is 7.80. The Balaban J connectivity index is 3.63. The van der Waals surface area contributed by atoms with Gasteiger partial charge in [0.15, 0.2) is 5.25 Å². The average Bonchev–Trinajstić information content (AvgIpc) is 2.33. The van der Waals surface area contributed by atoms with Gasteiger partial charge in [0.1, 0.15) is 0 Å². The first-order chi connectivity index (χ1) is 8.58. The molecule has 0 aromatic rings. The molecule has 5 heteroatoms. The SMILES string of the molecule is CCCCCCCCCNS(=O)(=O)C(C#N)CC. The highest BCUT2D eigenvalue weighted by atomic mass is 32.2. The number of nitrogens with one attached hydrogen (secondary N) is 1. The maximum absolute atomic E-state index is 11.6. The van der Waals surface area contributed by atoms with Crippen LogP contribution in [0, 0.1) is 11.3 Å². The van der Waals surface area contributed by atoms with Crippen molar-refractivity contribution >= 4 is 10.0 Å². The van der Waals surface area contributed by atoms with E-state index in [0.717, 1.165) is 19.3 Å². The zero-order valence-corrected chi connectivity index (χ0v) is 12.4. The Morgan fingerprint density at radius 2 is 1.61 bits per heavy atom. The highest BCUT2D eigenvalue weighted by molar-refractivity contribution is 7.90. The Bertz CT molecular complexity index is 333. The van der Waals surface area contributed by atoms with Crippen molar-refractivity contribution < 1.29 is 8.42 Å². The van der Waals surface area contributed by atoms with E-state index < -0.39 is 15.3 Å². The number of unbranched alkanes of at least 4 members (excludes halogenated alkanes) is 6. The Kier molecular flexibility index (Phi) is 9.99. The highest BCUT2D eigenvalue weighted by Crippen LogP contribution is 2.07. The standard InChI is InChI=1S/C13H26N2O2S/c1-3-5-6-7-8-9-10-11-15-18(16,17)13(4-2)12-14/h13,15H,3-11H2,1-2H3. The van der Waals surface area contributed by atoms with E-state index in [-0.39, 0.29) is 0 Å². The van der Waals surface area contributed by atoms with Gasteiger partial charge in [0.05, 0.1) is 6.07 Å². The van der Waals surface area contributed by atoms with Gasteiger partial charge in [-0.2, -0.15) is 5.26 Å². The van der Waals surface area contributed by atoms with E-state index in [4.69, 9.17) is 5.26 Å². The van der Waals surface area contributed by atoms with E-state index in [1.807, 2.05) is 6.07 Å². The largest absolute Gasteiger partial charge is 0.227 e. The monoisotopic (exact) mass is 274 g/mol. The molecule has 0 bridgehead atoms. The van der Waals surface area contributed by atoms with Gasteiger partial charge in [-0.3, -0.25) is 0 Å². The lowest BCUT2D eigenvalue weighted by atomic mass is 10.1. The molecule has 0 aliphatic heterocycles. The van der Waals surface area contributed by atoms with E-state index >= 15 is 0 Å². The maximum Gasteiger partial charge on any atom is 0.227 e. The van der Waals surface area contributed by atoms with Crippen molar-refractivity contribution in [1.29, 1.82) is 5.26 Å². The summed E-state index contributed by atoms with van der Waals surface area (Å²) in [5.74, 6) is 0. The summed E-state index contributed by atoms with van der Waals surface area (Å²) in [7, 11) is -3.43. The molecule has 0 radical (unpaired) electrons. The van der Waals surface area contributed by atoms with Gasteiger partial charge in [-0.05, 0) is 12.8 Å². The van der Waals surface area contributed by atoms with E-state index in [2.05, 4.69) is 11.6 Å². The predicted octanol–water partition coefficient (Wildman–Crippen LogP) is 2.96. The van der Waals surface area contributed by atoms with E-state index in [9.17, 15) is 8.42 Å². The maximum atomic E-state index is 11.6. The molecule has 0 fully saturated rings. The lowest BCUT2D eigenvalue weighted by Gasteiger charge is -2.09. The molecule has 1 N–H and O–H groups in total. The topological polar surface area (TPSA) is 70.0 Å². The number of hydrogen-bond donors (Lipinski definition) is 1. The van der Waals surface area contributed by atoms with Gasteiger partial charge in [-0.1, -0.05) is 52.4 Å². The first kappa shape index (κ1) is 17.4. The van der Waals surface area contributed by atoms with Crippen LogP contribution in [0.3, 0.4) is 0 Å². The fraction of sp³-hybridized carbons (Fsp3) is 0.923. The van der Waals surface area contributed by atoms with E-state index in [1.165, 1.54) is 25.7 Å². The first-order valence-electron chi connectivity index (χ1n) is 6.96. The number of rotatable bonds is 11. The Hall–Kier alpha value is -0.600. The molecule has 0 rings (SSSR count). The molecule has 4 nitrogen and oxygen atoms in total. The van der Waals surface area contributed by atoms with Gasteiger partial charge < -0.3 is 0 Å². The molecule has 0 aromatic heterocycles. The zero-order valence-electron chi connectivity index (χ0n) is 11.6. The quantitative estimate of drug-likeness (QED) is 0.589. The summed E-state index contributed by atoms with van der Waals surface area (Å²) in [4.78, 5) is 0. The summed E-state index contributed by atoms with van der Waals surface area (Å²) < 4.78 is 25.8.